The second-order valence-corrected chi connectivity index (χ2v) is 6.80. The zero-order valence-electron chi connectivity index (χ0n) is 12.5. The summed E-state index contributed by atoms with van der Waals surface area (Å²) in [5.41, 5.74) is 0.0338. The van der Waals surface area contributed by atoms with Crippen LogP contribution in [0.15, 0.2) is 0 Å². The van der Waals surface area contributed by atoms with Crippen LogP contribution in [0.4, 0.5) is 0 Å². The fourth-order valence-corrected chi connectivity index (χ4v) is 3.23. The number of ether oxygens (including phenoxy) is 2. The van der Waals surface area contributed by atoms with Crippen LogP contribution < -0.4 is 5.32 Å². The predicted octanol–water partition coefficient (Wildman–Crippen LogP) is 2.12. The molecule has 0 aromatic rings. The summed E-state index contributed by atoms with van der Waals surface area (Å²) >= 11 is 0. The van der Waals surface area contributed by atoms with E-state index >= 15 is 0 Å². The molecule has 1 aliphatic heterocycles. The molecule has 1 aliphatic carbocycles. The van der Waals surface area contributed by atoms with E-state index in [-0.39, 0.29) is 22.8 Å². The molecule has 1 unspecified atom stereocenters. The Labute approximate surface area is 116 Å². The summed E-state index contributed by atoms with van der Waals surface area (Å²) in [6, 6.07) is 0. The van der Waals surface area contributed by atoms with E-state index in [9.17, 15) is 4.79 Å². The number of hydrogen-bond acceptors (Lipinski definition) is 3. The quantitative estimate of drug-likeness (QED) is 0.831. The Balaban J connectivity index is 1.80. The van der Waals surface area contributed by atoms with Gasteiger partial charge in [-0.25, -0.2) is 0 Å². The first kappa shape index (κ1) is 14.8. The molecule has 0 spiro atoms. The van der Waals surface area contributed by atoms with E-state index in [0.717, 1.165) is 26.0 Å². The Morgan fingerprint density at radius 1 is 1.42 bits per heavy atom. The molecule has 1 saturated carbocycles. The lowest BCUT2D eigenvalue weighted by Crippen LogP contribution is -2.48. The van der Waals surface area contributed by atoms with Gasteiger partial charge in [0.05, 0.1) is 12.2 Å². The lowest BCUT2D eigenvalue weighted by Gasteiger charge is -2.42. The Bertz CT molecular complexity index is 323. The van der Waals surface area contributed by atoms with Crippen LogP contribution in [-0.2, 0) is 14.3 Å². The molecule has 1 N–H and O–H groups in total. The summed E-state index contributed by atoms with van der Waals surface area (Å²) in [4.78, 5) is 12.3. The van der Waals surface area contributed by atoms with E-state index in [2.05, 4.69) is 19.2 Å². The molecule has 1 amide bonds. The number of nitrogens with one attached hydrogen (secondary N) is 1. The summed E-state index contributed by atoms with van der Waals surface area (Å²) in [5.74, 6) is 0.294. The van der Waals surface area contributed by atoms with Crippen LogP contribution in [-0.4, -0.2) is 38.4 Å². The first-order valence-electron chi connectivity index (χ1n) is 7.37. The molecule has 0 bridgehead atoms. The van der Waals surface area contributed by atoms with Crippen molar-refractivity contribution in [2.24, 2.45) is 11.3 Å². The predicted molar refractivity (Wildman–Crippen MR) is 73.9 cm³/mol. The minimum Gasteiger partial charge on any atom is -0.384 e. The highest BCUT2D eigenvalue weighted by Crippen LogP contribution is 2.40. The van der Waals surface area contributed by atoms with Gasteiger partial charge in [0.25, 0.3) is 0 Å². The number of hydrogen-bond donors (Lipinski definition) is 1. The SMILES string of the molecule is COCC1(CNC(=O)C2CCOC(C)(C)C2)CCC1. The van der Waals surface area contributed by atoms with Crippen molar-refractivity contribution in [3.8, 4) is 0 Å². The number of amides is 1. The van der Waals surface area contributed by atoms with Gasteiger partial charge in [0, 0.05) is 31.6 Å². The fraction of sp³-hybridized carbons (Fsp3) is 0.933. The van der Waals surface area contributed by atoms with Gasteiger partial charge in [-0.15, -0.1) is 0 Å². The van der Waals surface area contributed by atoms with Crippen LogP contribution in [0.5, 0.6) is 0 Å². The molecular weight excluding hydrogens is 242 g/mol. The molecule has 2 fully saturated rings. The monoisotopic (exact) mass is 269 g/mol. The molecule has 2 rings (SSSR count). The minimum atomic E-state index is -0.166. The summed E-state index contributed by atoms with van der Waals surface area (Å²) in [6.07, 6.45) is 5.24. The van der Waals surface area contributed by atoms with Crippen molar-refractivity contribution >= 4 is 5.91 Å². The van der Waals surface area contributed by atoms with Gasteiger partial charge in [-0.3, -0.25) is 4.79 Å². The zero-order chi connectivity index (χ0) is 13.9. The average molecular weight is 269 g/mol. The van der Waals surface area contributed by atoms with Crippen molar-refractivity contribution in [2.75, 3.05) is 26.9 Å². The van der Waals surface area contributed by atoms with E-state index in [1.54, 1.807) is 7.11 Å². The van der Waals surface area contributed by atoms with Crippen molar-refractivity contribution in [3.63, 3.8) is 0 Å². The normalized spacial score (nSPS) is 28.5. The highest BCUT2D eigenvalue weighted by molar-refractivity contribution is 5.78. The van der Waals surface area contributed by atoms with E-state index < -0.39 is 0 Å². The molecule has 4 nitrogen and oxygen atoms in total. The van der Waals surface area contributed by atoms with Gasteiger partial charge in [0.1, 0.15) is 0 Å². The number of carbonyl (C=O) groups excluding carboxylic acids is 1. The third kappa shape index (κ3) is 3.69. The van der Waals surface area contributed by atoms with Crippen molar-refractivity contribution in [1.29, 1.82) is 0 Å². The van der Waals surface area contributed by atoms with E-state index in [1.807, 2.05) is 0 Å². The first-order valence-corrected chi connectivity index (χ1v) is 7.37. The summed E-state index contributed by atoms with van der Waals surface area (Å²) in [5, 5.41) is 3.14. The smallest absolute Gasteiger partial charge is 0.223 e. The molecule has 1 atom stereocenters. The summed E-state index contributed by atoms with van der Waals surface area (Å²) in [7, 11) is 1.74. The molecule has 19 heavy (non-hydrogen) atoms. The molecule has 110 valence electrons. The van der Waals surface area contributed by atoms with E-state index in [0.29, 0.717) is 6.61 Å². The zero-order valence-corrected chi connectivity index (χ0v) is 12.5. The lowest BCUT2D eigenvalue weighted by atomic mass is 9.69. The van der Waals surface area contributed by atoms with Gasteiger partial charge in [-0.2, -0.15) is 0 Å². The van der Waals surface area contributed by atoms with Crippen LogP contribution >= 0.6 is 0 Å². The van der Waals surface area contributed by atoms with Crippen LogP contribution in [0.2, 0.25) is 0 Å². The average Bonchev–Trinajstić information content (AvgIpc) is 2.30. The molecule has 1 heterocycles. The highest BCUT2D eigenvalue weighted by atomic mass is 16.5. The maximum absolute atomic E-state index is 12.3. The van der Waals surface area contributed by atoms with Gasteiger partial charge in [0.2, 0.25) is 5.91 Å². The van der Waals surface area contributed by atoms with Crippen LogP contribution in [0.3, 0.4) is 0 Å². The van der Waals surface area contributed by atoms with E-state index in [1.165, 1.54) is 19.3 Å². The number of methoxy groups -OCH3 is 1. The Hall–Kier alpha value is -0.610. The van der Waals surface area contributed by atoms with Gasteiger partial charge < -0.3 is 14.8 Å². The highest BCUT2D eigenvalue weighted by Gasteiger charge is 2.38. The Morgan fingerprint density at radius 3 is 2.68 bits per heavy atom. The standard InChI is InChI=1S/C15H27NO3/c1-14(2)9-12(5-8-19-14)13(17)16-10-15(11-18-3)6-4-7-15/h12H,4-11H2,1-3H3,(H,16,17). The topological polar surface area (TPSA) is 47.6 Å². The molecular formula is C15H27NO3. The van der Waals surface area contributed by atoms with Crippen LogP contribution in [0.25, 0.3) is 0 Å². The summed E-state index contributed by atoms with van der Waals surface area (Å²) < 4.78 is 11.0. The first-order chi connectivity index (χ1) is 8.96. The molecule has 0 aromatic heterocycles. The number of rotatable bonds is 5. The molecule has 1 saturated heterocycles. The Morgan fingerprint density at radius 2 is 2.16 bits per heavy atom. The second kappa shape index (κ2) is 5.80. The lowest BCUT2D eigenvalue weighted by molar-refractivity contribution is -0.136. The maximum Gasteiger partial charge on any atom is 0.223 e. The van der Waals surface area contributed by atoms with Crippen LogP contribution in [0.1, 0.15) is 46.0 Å². The number of carbonyl (C=O) groups is 1. The van der Waals surface area contributed by atoms with Gasteiger partial charge in [-0.1, -0.05) is 6.42 Å². The van der Waals surface area contributed by atoms with Gasteiger partial charge in [0.15, 0.2) is 0 Å². The molecule has 0 radical (unpaired) electrons. The molecule has 0 aromatic carbocycles. The van der Waals surface area contributed by atoms with E-state index in [4.69, 9.17) is 9.47 Å². The third-order valence-electron chi connectivity index (χ3n) is 4.57. The van der Waals surface area contributed by atoms with Gasteiger partial charge in [-0.05, 0) is 39.5 Å². The molecule has 4 heteroatoms. The van der Waals surface area contributed by atoms with Crippen molar-refractivity contribution in [2.45, 2.75) is 51.6 Å². The third-order valence-corrected chi connectivity index (χ3v) is 4.57. The second-order valence-electron chi connectivity index (χ2n) is 6.80. The molecule has 2 aliphatic rings. The maximum atomic E-state index is 12.3. The minimum absolute atomic E-state index is 0.100. The van der Waals surface area contributed by atoms with Crippen molar-refractivity contribution < 1.29 is 14.3 Å². The summed E-state index contributed by atoms with van der Waals surface area (Å²) in [6.45, 7) is 6.33. The Kier molecular flexibility index (Phi) is 4.51. The van der Waals surface area contributed by atoms with Crippen molar-refractivity contribution in [1.82, 2.24) is 5.32 Å². The largest absolute Gasteiger partial charge is 0.384 e. The van der Waals surface area contributed by atoms with Gasteiger partial charge >= 0.3 is 0 Å². The van der Waals surface area contributed by atoms with Crippen LogP contribution in [0, 0.1) is 11.3 Å². The van der Waals surface area contributed by atoms with Crippen molar-refractivity contribution in [3.05, 3.63) is 0 Å². The fourth-order valence-electron chi connectivity index (χ4n) is 3.23.